The summed E-state index contributed by atoms with van der Waals surface area (Å²) in [4.78, 5) is 27.4. The molecular weight excluding hydrogens is 631 g/mol. The van der Waals surface area contributed by atoms with Crippen LogP contribution in [-0.2, 0) is 41.6 Å². The lowest BCUT2D eigenvalue weighted by molar-refractivity contribution is -0.158. The summed E-state index contributed by atoms with van der Waals surface area (Å²) >= 11 is 12.1. The molecule has 230 valence electrons. The maximum atomic E-state index is 13.6. The molecule has 1 fully saturated rings. The third kappa shape index (κ3) is 8.25. The van der Waals surface area contributed by atoms with Gasteiger partial charge in [-0.1, -0.05) is 65.7 Å². The van der Waals surface area contributed by atoms with E-state index in [0.29, 0.717) is 11.3 Å². The molecule has 0 aliphatic carbocycles. The zero-order valence-corrected chi connectivity index (χ0v) is 27.4. The number of rotatable bonds is 9. The first-order chi connectivity index (χ1) is 20.2. The molecule has 1 heterocycles. The van der Waals surface area contributed by atoms with Crippen molar-refractivity contribution in [1.29, 1.82) is 0 Å². The summed E-state index contributed by atoms with van der Waals surface area (Å²) in [5.74, 6) is -1.23. The number of nitrogens with one attached hydrogen (secondary N) is 1. The highest BCUT2D eigenvalue weighted by molar-refractivity contribution is 7.89. The van der Waals surface area contributed by atoms with E-state index in [4.69, 9.17) is 27.9 Å². The largest absolute Gasteiger partial charge is 0.458 e. The lowest BCUT2D eigenvalue weighted by Gasteiger charge is -2.28. The minimum atomic E-state index is -4.10. The SMILES string of the molecule is CS(=O)c1ccccc1-c1ccc(C[C@H](NC(=O)[C@@H]2CCCN2S(=O)(=O)c2cc(Cl)cc(Cl)c2)C(=O)OC(C)(C)C)cc1. The zero-order chi connectivity index (χ0) is 31.5. The van der Waals surface area contributed by atoms with Crippen LogP contribution in [0.15, 0.2) is 76.5 Å². The lowest BCUT2D eigenvalue weighted by Crippen LogP contribution is -2.52. The predicted molar refractivity (Wildman–Crippen MR) is 169 cm³/mol. The van der Waals surface area contributed by atoms with Gasteiger partial charge < -0.3 is 10.1 Å². The van der Waals surface area contributed by atoms with Crippen LogP contribution in [0.5, 0.6) is 0 Å². The first-order valence-electron chi connectivity index (χ1n) is 13.7. The van der Waals surface area contributed by atoms with Gasteiger partial charge in [-0.05, 0) is 74.6 Å². The van der Waals surface area contributed by atoms with Crippen molar-refractivity contribution < 1.29 is 27.0 Å². The van der Waals surface area contributed by atoms with Crippen LogP contribution < -0.4 is 5.32 Å². The molecule has 1 N–H and O–H groups in total. The van der Waals surface area contributed by atoms with Crippen molar-refractivity contribution in [3.05, 3.63) is 82.3 Å². The van der Waals surface area contributed by atoms with Crippen molar-refractivity contribution in [2.75, 3.05) is 12.8 Å². The van der Waals surface area contributed by atoms with E-state index in [1.807, 2.05) is 48.5 Å². The Hall–Kier alpha value is -2.76. The molecule has 0 radical (unpaired) electrons. The average Bonchev–Trinajstić information content (AvgIpc) is 3.43. The number of carbonyl (C=O) groups excluding carboxylic acids is 2. The Kier molecular flexibility index (Phi) is 10.4. The van der Waals surface area contributed by atoms with Crippen molar-refractivity contribution in [2.45, 2.75) is 67.5 Å². The van der Waals surface area contributed by atoms with Gasteiger partial charge in [-0.15, -0.1) is 0 Å². The Morgan fingerprint density at radius 1 is 1.05 bits per heavy atom. The number of hydrogen-bond donors (Lipinski definition) is 1. The molecular formula is C31H34Cl2N2O6S2. The van der Waals surface area contributed by atoms with Crippen molar-refractivity contribution >= 4 is 55.9 Å². The minimum Gasteiger partial charge on any atom is -0.458 e. The van der Waals surface area contributed by atoms with Crippen LogP contribution in [0, 0.1) is 0 Å². The molecule has 1 aliphatic rings. The van der Waals surface area contributed by atoms with E-state index in [0.717, 1.165) is 21.0 Å². The number of carbonyl (C=O) groups is 2. The third-order valence-electron chi connectivity index (χ3n) is 6.86. The van der Waals surface area contributed by atoms with E-state index in [2.05, 4.69) is 5.32 Å². The number of sulfonamides is 1. The molecule has 3 aromatic carbocycles. The summed E-state index contributed by atoms with van der Waals surface area (Å²) in [6.45, 7) is 5.33. The van der Waals surface area contributed by atoms with Gasteiger partial charge in [0.15, 0.2) is 0 Å². The van der Waals surface area contributed by atoms with Crippen molar-refractivity contribution in [2.24, 2.45) is 0 Å². The smallest absolute Gasteiger partial charge is 0.329 e. The maximum Gasteiger partial charge on any atom is 0.329 e. The fourth-order valence-corrected chi connectivity index (χ4v) is 8.10. The highest BCUT2D eigenvalue weighted by Crippen LogP contribution is 2.30. The number of amides is 1. The number of ether oxygens (including phenoxy) is 1. The van der Waals surface area contributed by atoms with Crippen LogP contribution in [0.1, 0.15) is 39.2 Å². The Bertz CT molecular complexity index is 1620. The van der Waals surface area contributed by atoms with Gasteiger partial charge in [-0.3, -0.25) is 9.00 Å². The Labute approximate surface area is 265 Å². The molecule has 0 saturated carbocycles. The van der Waals surface area contributed by atoms with Gasteiger partial charge in [0.2, 0.25) is 15.9 Å². The molecule has 8 nitrogen and oxygen atoms in total. The number of nitrogens with zero attached hydrogens (tertiary/aromatic N) is 1. The predicted octanol–water partition coefficient (Wildman–Crippen LogP) is 5.62. The van der Waals surface area contributed by atoms with Crippen molar-refractivity contribution in [1.82, 2.24) is 9.62 Å². The second kappa shape index (κ2) is 13.5. The van der Waals surface area contributed by atoms with Crippen LogP contribution >= 0.6 is 23.2 Å². The number of benzene rings is 3. The van der Waals surface area contributed by atoms with Crippen LogP contribution in [0.4, 0.5) is 0 Å². The van der Waals surface area contributed by atoms with E-state index in [9.17, 15) is 22.2 Å². The standard InChI is InChI=1S/C31H34Cl2N2O6S2/c1-31(2,3)41-30(37)26(16-20-11-13-21(14-12-20)25-8-5-6-10-28(25)42(4)38)34-29(36)27-9-7-15-35(27)43(39,40)24-18-22(32)17-23(33)19-24/h5-6,8,10-14,17-19,26-27H,7,9,15-16H2,1-4H3,(H,34,36)/t26-,27-,42?/m0/s1. The highest BCUT2D eigenvalue weighted by Gasteiger charge is 2.41. The van der Waals surface area contributed by atoms with Crippen LogP contribution in [0.3, 0.4) is 0 Å². The van der Waals surface area contributed by atoms with Crippen LogP contribution in [0.25, 0.3) is 11.1 Å². The number of hydrogen-bond acceptors (Lipinski definition) is 6. The molecule has 1 unspecified atom stereocenters. The number of halogens is 2. The van der Waals surface area contributed by atoms with Gasteiger partial charge >= 0.3 is 5.97 Å². The second-order valence-corrected chi connectivity index (χ2v) is 15.4. The molecule has 0 spiro atoms. The summed E-state index contributed by atoms with van der Waals surface area (Å²) in [7, 11) is -5.27. The average molecular weight is 666 g/mol. The molecule has 4 rings (SSSR count). The van der Waals surface area contributed by atoms with Gasteiger partial charge in [0.05, 0.1) is 15.7 Å². The molecule has 3 aromatic rings. The minimum absolute atomic E-state index is 0.109. The van der Waals surface area contributed by atoms with Crippen molar-refractivity contribution in [3.8, 4) is 11.1 Å². The molecule has 1 amide bonds. The maximum absolute atomic E-state index is 13.6. The first kappa shape index (κ1) is 33.1. The van der Waals surface area contributed by atoms with Gasteiger partial charge in [-0.25, -0.2) is 13.2 Å². The lowest BCUT2D eigenvalue weighted by atomic mass is 10.00. The third-order valence-corrected chi connectivity index (χ3v) is 10.2. The van der Waals surface area contributed by atoms with E-state index >= 15 is 0 Å². The monoisotopic (exact) mass is 664 g/mol. The molecule has 0 aromatic heterocycles. The topological polar surface area (TPSA) is 110 Å². The second-order valence-electron chi connectivity index (χ2n) is 11.3. The van der Waals surface area contributed by atoms with E-state index in [-0.39, 0.29) is 34.3 Å². The van der Waals surface area contributed by atoms with Crippen LogP contribution in [0.2, 0.25) is 10.0 Å². The summed E-state index contributed by atoms with van der Waals surface area (Å²) in [6.07, 6.45) is 2.50. The molecule has 43 heavy (non-hydrogen) atoms. The fourth-order valence-electron chi connectivity index (χ4n) is 4.95. The molecule has 12 heteroatoms. The normalized spacial score (nSPS) is 17.3. The Morgan fingerprint density at radius 2 is 1.67 bits per heavy atom. The summed E-state index contributed by atoms with van der Waals surface area (Å²) in [5, 5.41) is 3.09. The molecule has 3 atom stereocenters. The quantitative estimate of drug-likeness (QED) is 0.297. The summed E-state index contributed by atoms with van der Waals surface area (Å²) in [6, 6.07) is 16.8. The fraction of sp³-hybridized carbons (Fsp3) is 0.355. The number of esters is 1. The van der Waals surface area contributed by atoms with Crippen LogP contribution in [-0.4, -0.2) is 59.3 Å². The molecule has 0 bridgehead atoms. The molecule has 1 saturated heterocycles. The summed E-state index contributed by atoms with van der Waals surface area (Å²) < 4.78 is 45.9. The van der Waals surface area contributed by atoms with Gasteiger partial charge in [0, 0.05) is 34.2 Å². The van der Waals surface area contributed by atoms with E-state index in [1.165, 1.54) is 18.2 Å². The summed E-state index contributed by atoms with van der Waals surface area (Å²) in [5.41, 5.74) is 1.65. The van der Waals surface area contributed by atoms with Crippen molar-refractivity contribution in [3.63, 3.8) is 0 Å². The zero-order valence-electron chi connectivity index (χ0n) is 24.3. The highest BCUT2D eigenvalue weighted by atomic mass is 35.5. The van der Waals surface area contributed by atoms with E-state index < -0.39 is 50.4 Å². The molecule has 1 aliphatic heterocycles. The Balaban J connectivity index is 1.57. The Morgan fingerprint density at radius 3 is 2.28 bits per heavy atom. The van der Waals surface area contributed by atoms with Gasteiger partial charge in [-0.2, -0.15) is 4.31 Å². The first-order valence-corrected chi connectivity index (χ1v) is 17.4. The van der Waals surface area contributed by atoms with E-state index in [1.54, 1.807) is 27.0 Å². The van der Waals surface area contributed by atoms with Gasteiger partial charge in [0.1, 0.15) is 17.7 Å². The van der Waals surface area contributed by atoms with Gasteiger partial charge in [0.25, 0.3) is 0 Å².